The van der Waals surface area contributed by atoms with Gasteiger partial charge >= 0.3 is 0 Å². The molecule has 1 aromatic heterocycles. The molecule has 1 atom stereocenters. The molecule has 0 spiro atoms. The van der Waals surface area contributed by atoms with Crippen LogP contribution in [0.5, 0.6) is 0 Å². The van der Waals surface area contributed by atoms with Gasteiger partial charge in [0, 0.05) is 18.9 Å². The van der Waals surface area contributed by atoms with Crippen LogP contribution in [0.4, 0.5) is 0 Å². The number of nitrogens with zero attached hydrogens (tertiary/aromatic N) is 1. The third kappa shape index (κ3) is 3.17. The third-order valence-electron chi connectivity index (χ3n) is 3.03. The summed E-state index contributed by atoms with van der Waals surface area (Å²) in [4.78, 5) is 4.48. The van der Waals surface area contributed by atoms with Gasteiger partial charge in [-0.25, -0.2) is 0 Å². The molecule has 90 valence electrons. The molecule has 0 aromatic carbocycles. The van der Waals surface area contributed by atoms with E-state index in [2.05, 4.69) is 4.98 Å². The molecule has 2 heterocycles. The Bertz CT molecular complexity index is 327. The van der Waals surface area contributed by atoms with Crippen molar-refractivity contribution in [2.75, 3.05) is 13.2 Å². The first-order chi connectivity index (χ1) is 7.27. The van der Waals surface area contributed by atoms with Crippen molar-refractivity contribution in [1.82, 2.24) is 4.98 Å². The van der Waals surface area contributed by atoms with Crippen LogP contribution in [0.3, 0.4) is 0 Å². The Kier molecular flexibility index (Phi) is 5.19. The molecule has 0 radical (unpaired) electrons. The van der Waals surface area contributed by atoms with Crippen molar-refractivity contribution >= 4 is 12.4 Å². The molecule has 0 bridgehead atoms. The van der Waals surface area contributed by atoms with Crippen molar-refractivity contribution in [2.45, 2.75) is 25.8 Å². The number of aryl methyl sites for hydroxylation is 1. The van der Waals surface area contributed by atoms with Crippen molar-refractivity contribution in [2.24, 2.45) is 11.7 Å². The number of halogens is 1. The van der Waals surface area contributed by atoms with Crippen LogP contribution >= 0.6 is 12.4 Å². The minimum absolute atomic E-state index is 0. The van der Waals surface area contributed by atoms with Crippen LogP contribution in [0.25, 0.3) is 0 Å². The van der Waals surface area contributed by atoms with E-state index in [0.717, 1.165) is 37.4 Å². The van der Waals surface area contributed by atoms with Crippen LogP contribution in [0.15, 0.2) is 18.2 Å². The lowest BCUT2D eigenvalue weighted by molar-refractivity contribution is 0.0579. The van der Waals surface area contributed by atoms with Crippen molar-refractivity contribution in [3.63, 3.8) is 0 Å². The Morgan fingerprint density at radius 2 is 2.06 bits per heavy atom. The average molecular weight is 243 g/mol. The molecule has 2 N–H and O–H groups in total. The molecule has 1 aliphatic rings. The Hall–Kier alpha value is -0.640. The number of pyridine rings is 1. The maximum absolute atomic E-state index is 6.22. The SMILES string of the molecule is Cc1cccc([C@H](N)C2CCOCC2)n1.Cl. The second-order valence-electron chi connectivity index (χ2n) is 4.18. The summed E-state index contributed by atoms with van der Waals surface area (Å²) in [7, 11) is 0. The molecule has 1 aliphatic heterocycles. The number of nitrogens with two attached hydrogens (primary N) is 1. The van der Waals surface area contributed by atoms with Gasteiger partial charge in [0.1, 0.15) is 0 Å². The lowest BCUT2D eigenvalue weighted by Gasteiger charge is -2.27. The maximum Gasteiger partial charge on any atom is 0.0577 e. The van der Waals surface area contributed by atoms with Gasteiger partial charge in [0.25, 0.3) is 0 Å². The molecule has 0 saturated carbocycles. The monoisotopic (exact) mass is 242 g/mol. The minimum Gasteiger partial charge on any atom is -0.381 e. The first kappa shape index (κ1) is 13.4. The molecule has 0 aliphatic carbocycles. The molecular formula is C12H19ClN2O. The van der Waals surface area contributed by atoms with Crippen molar-refractivity contribution in [3.8, 4) is 0 Å². The van der Waals surface area contributed by atoms with Gasteiger partial charge in [0.15, 0.2) is 0 Å². The van der Waals surface area contributed by atoms with E-state index in [0.29, 0.717) is 5.92 Å². The Morgan fingerprint density at radius 3 is 2.69 bits per heavy atom. The largest absolute Gasteiger partial charge is 0.381 e. The quantitative estimate of drug-likeness (QED) is 0.865. The van der Waals surface area contributed by atoms with Crippen LogP contribution in [0, 0.1) is 12.8 Å². The summed E-state index contributed by atoms with van der Waals surface area (Å²) in [5, 5.41) is 0. The number of hydrogen-bond donors (Lipinski definition) is 1. The summed E-state index contributed by atoms with van der Waals surface area (Å²) in [5.74, 6) is 0.521. The molecule has 1 aromatic rings. The lowest BCUT2D eigenvalue weighted by atomic mass is 9.90. The minimum atomic E-state index is 0. The van der Waals surface area contributed by atoms with Crippen molar-refractivity contribution in [1.29, 1.82) is 0 Å². The zero-order chi connectivity index (χ0) is 10.7. The van der Waals surface area contributed by atoms with Gasteiger partial charge in [-0.15, -0.1) is 12.4 Å². The lowest BCUT2D eigenvalue weighted by Crippen LogP contribution is -2.28. The van der Waals surface area contributed by atoms with Gasteiger partial charge in [-0.1, -0.05) is 6.07 Å². The number of rotatable bonds is 2. The molecule has 0 unspecified atom stereocenters. The fraction of sp³-hybridized carbons (Fsp3) is 0.583. The van der Waals surface area contributed by atoms with Crippen LogP contribution in [0.2, 0.25) is 0 Å². The predicted molar refractivity (Wildman–Crippen MR) is 66.7 cm³/mol. The number of hydrogen-bond acceptors (Lipinski definition) is 3. The molecule has 0 amide bonds. The third-order valence-corrected chi connectivity index (χ3v) is 3.03. The Labute approximate surface area is 103 Å². The molecular weight excluding hydrogens is 224 g/mol. The molecule has 4 heteroatoms. The van der Waals surface area contributed by atoms with E-state index in [-0.39, 0.29) is 18.4 Å². The second kappa shape index (κ2) is 6.18. The summed E-state index contributed by atoms with van der Waals surface area (Å²) in [6.07, 6.45) is 2.10. The standard InChI is InChI=1S/C12H18N2O.ClH/c1-9-3-2-4-11(14-9)12(13)10-5-7-15-8-6-10;/h2-4,10,12H,5-8,13H2,1H3;1H/t12-;/m1./s1. The second-order valence-corrected chi connectivity index (χ2v) is 4.18. The van der Waals surface area contributed by atoms with Gasteiger partial charge in [-0.3, -0.25) is 4.98 Å². The highest BCUT2D eigenvalue weighted by molar-refractivity contribution is 5.85. The number of ether oxygens (including phenoxy) is 1. The topological polar surface area (TPSA) is 48.1 Å². The summed E-state index contributed by atoms with van der Waals surface area (Å²) in [6, 6.07) is 6.11. The van der Waals surface area contributed by atoms with Gasteiger partial charge < -0.3 is 10.5 Å². The summed E-state index contributed by atoms with van der Waals surface area (Å²) >= 11 is 0. The van der Waals surface area contributed by atoms with Crippen LogP contribution < -0.4 is 5.73 Å². The van der Waals surface area contributed by atoms with Crippen molar-refractivity contribution in [3.05, 3.63) is 29.6 Å². The van der Waals surface area contributed by atoms with Crippen LogP contribution in [0.1, 0.15) is 30.3 Å². The molecule has 1 saturated heterocycles. The molecule has 2 rings (SSSR count). The summed E-state index contributed by atoms with van der Waals surface area (Å²) in [5.41, 5.74) is 8.27. The van der Waals surface area contributed by atoms with Gasteiger partial charge in [0.2, 0.25) is 0 Å². The van der Waals surface area contributed by atoms with E-state index < -0.39 is 0 Å². The molecule has 16 heavy (non-hydrogen) atoms. The normalized spacial score (nSPS) is 18.9. The fourth-order valence-electron chi connectivity index (χ4n) is 2.07. The molecule has 3 nitrogen and oxygen atoms in total. The van der Waals surface area contributed by atoms with E-state index in [4.69, 9.17) is 10.5 Å². The fourth-order valence-corrected chi connectivity index (χ4v) is 2.07. The zero-order valence-electron chi connectivity index (χ0n) is 9.56. The average Bonchev–Trinajstić information content (AvgIpc) is 2.29. The Morgan fingerprint density at radius 1 is 1.38 bits per heavy atom. The first-order valence-corrected chi connectivity index (χ1v) is 5.54. The highest BCUT2D eigenvalue weighted by atomic mass is 35.5. The van der Waals surface area contributed by atoms with E-state index >= 15 is 0 Å². The van der Waals surface area contributed by atoms with Crippen LogP contribution in [-0.4, -0.2) is 18.2 Å². The van der Waals surface area contributed by atoms with Crippen molar-refractivity contribution < 1.29 is 4.74 Å². The van der Waals surface area contributed by atoms with E-state index in [1.165, 1.54) is 0 Å². The van der Waals surface area contributed by atoms with E-state index in [1.807, 2.05) is 25.1 Å². The van der Waals surface area contributed by atoms with Gasteiger partial charge in [0.05, 0.1) is 11.7 Å². The Balaban J connectivity index is 0.00000128. The molecule has 1 fully saturated rings. The first-order valence-electron chi connectivity index (χ1n) is 5.54. The van der Waals surface area contributed by atoms with Gasteiger partial charge in [-0.2, -0.15) is 0 Å². The smallest absolute Gasteiger partial charge is 0.0577 e. The van der Waals surface area contributed by atoms with Crippen LogP contribution in [-0.2, 0) is 4.74 Å². The van der Waals surface area contributed by atoms with Gasteiger partial charge in [-0.05, 0) is 37.8 Å². The highest BCUT2D eigenvalue weighted by Gasteiger charge is 2.22. The number of aromatic nitrogens is 1. The predicted octanol–water partition coefficient (Wildman–Crippen LogP) is 2.24. The maximum atomic E-state index is 6.22. The summed E-state index contributed by atoms with van der Waals surface area (Å²) < 4.78 is 5.33. The summed E-state index contributed by atoms with van der Waals surface area (Å²) in [6.45, 7) is 3.68. The van der Waals surface area contributed by atoms with E-state index in [1.54, 1.807) is 0 Å². The zero-order valence-corrected chi connectivity index (χ0v) is 10.4. The van der Waals surface area contributed by atoms with E-state index in [9.17, 15) is 0 Å². The highest BCUT2D eigenvalue weighted by Crippen LogP contribution is 2.26.